The Kier molecular flexibility index (Phi) is 6.11. The van der Waals surface area contributed by atoms with Crippen LogP contribution in [-0.4, -0.2) is 21.6 Å². The van der Waals surface area contributed by atoms with Gasteiger partial charge in [0.15, 0.2) is 0 Å². The van der Waals surface area contributed by atoms with Crippen molar-refractivity contribution in [3.05, 3.63) is 58.9 Å². The smallest absolute Gasteiger partial charge is 0.234 e. The van der Waals surface area contributed by atoms with E-state index in [0.717, 1.165) is 51.4 Å². The number of rotatable bonds is 6. The maximum absolute atomic E-state index is 12.5. The van der Waals surface area contributed by atoms with Crippen LogP contribution in [0.3, 0.4) is 0 Å². The summed E-state index contributed by atoms with van der Waals surface area (Å²) in [7, 11) is 0. The first-order chi connectivity index (χ1) is 13.0. The number of hydrogen-bond donors (Lipinski definition) is 1. The maximum atomic E-state index is 12.5. The number of aromatic nitrogens is 2. The molecule has 0 atom stereocenters. The van der Waals surface area contributed by atoms with E-state index in [4.69, 9.17) is 0 Å². The number of anilines is 1. The van der Waals surface area contributed by atoms with Gasteiger partial charge >= 0.3 is 0 Å². The number of fused-ring (bicyclic) bond motifs is 1. The zero-order valence-electron chi connectivity index (χ0n) is 16.3. The molecule has 4 nitrogen and oxygen atoms in total. The minimum Gasteiger partial charge on any atom is -0.325 e. The summed E-state index contributed by atoms with van der Waals surface area (Å²) < 4.78 is 0. The van der Waals surface area contributed by atoms with E-state index in [0.29, 0.717) is 5.75 Å². The fourth-order valence-corrected chi connectivity index (χ4v) is 4.06. The van der Waals surface area contributed by atoms with Gasteiger partial charge in [0.25, 0.3) is 0 Å². The molecule has 1 aromatic heterocycles. The summed E-state index contributed by atoms with van der Waals surface area (Å²) in [6.45, 7) is 8.23. The van der Waals surface area contributed by atoms with Crippen LogP contribution in [-0.2, 0) is 11.2 Å². The van der Waals surface area contributed by atoms with Crippen LogP contribution in [0.15, 0.2) is 41.4 Å². The second-order valence-corrected chi connectivity index (χ2v) is 7.79. The molecule has 0 aliphatic carbocycles. The molecule has 1 N–H and O–H groups in total. The maximum Gasteiger partial charge on any atom is 0.234 e. The molecule has 3 aromatic rings. The van der Waals surface area contributed by atoms with Crippen LogP contribution in [0, 0.1) is 20.8 Å². The topological polar surface area (TPSA) is 54.9 Å². The summed E-state index contributed by atoms with van der Waals surface area (Å²) >= 11 is 1.47. The van der Waals surface area contributed by atoms with Gasteiger partial charge in [-0.25, -0.2) is 9.97 Å². The van der Waals surface area contributed by atoms with Gasteiger partial charge in [0.2, 0.25) is 5.91 Å². The Hall–Kier alpha value is -2.40. The molecule has 0 aliphatic heterocycles. The molecule has 0 saturated heterocycles. The summed E-state index contributed by atoms with van der Waals surface area (Å²) in [5, 5.41) is 4.93. The van der Waals surface area contributed by atoms with Crippen molar-refractivity contribution in [3.8, 4) is 0 Å². The predicted octanol–water partition coefficient (Wildman–Crippen LogP) is 5.24. The summed E-state index contributed by atoms with van der Waals surface area (Å²) in [5.74, 6) is 1.14. The van der Waals surface area contributed by atoms with Gasteiger partial charge in [0.1, 0.15) is 10.9 Å². The van der Waals surface area contributed by atoms with Crippen LogP contribution in [0.2, 0.25) is 0 Å². The van der Waals surface area contributed by atoms with E-state index in [1.54, 1.807) is 0 Å². The Labute approximate surface area is 164 Å². The first-order valence-electron chi connectivity index (χ1n) is 9.24. The normalized spacial score (nSPS) is 11.0. The second-order valence-electron chi connectivity index (χ2n) is 6.82. The molecule has 2 aromatic carbocycles. The number of amides is 1. The van der Waals surface area contributed by atoms with E-state index in [2.05, 4.69) is 41.3 Å². The lowest BCUT2D eigenvalue weighted by atomic mass is 10.1. The summed E-state index contributed by atoms with van der Waals surface area (Å²) in [6.07, 6.45) is 1.83. The Morgan fingerprint density at radius 1 is 1.07 bits per heavy atom. The van der Waals surface area contributed by atoms with Crippen molar-refractivity contribution in [2.24, 2.45) is 0 Å². The Bertz CT molecular complexity index is 961. The number of aryl methyl sites for hydroxylation is 4. The highest BCUT2D eigenvalue weighted by Gasteiger charge is 2.12. The molecule has 0 spiro atoms. The summed E-state index contributed by atoms with van der Waals surface area (Å²) in [4.78, 5) is 21.9. The number of nitrogens with one attached hydrogen (secondary N) is 1. The van der Waals surface area contributed by atoms with Crippen molar-refractivity contribution in [1.29, 1.82) is 0 Å². The molecule has 140 valence electrons. The first-order valence-corrected chi connectivity index (χ1v) is 10.2. The number of hydrogen-bond acceptors (Lipinski definition) is 4. The minimum atomic E-state index is -0.0187. The molecule has 1 amide bonds. The van der Waals surface area contributed by atoms with Gasteiger partial charge in [-0.15, -0.1) is 0 Å². The molecule has 0 unspecified atom stereocenters. The van der Waals surface area contributed by atoms with Crippen LogP contribution in [0.4, 0.5) is 5.69 Å². The van der Waals surface area contributed by atoms with Crippen molar-refractivity contribution in [3.63, 3.8) is 0 Å². The second kappa shape index (κ2) is 8.53. The van der Waals surface area contributed by atoms with Gasteiger partial charge in [-0.2, -0.15) is 0 Å². The molecule has 1 heterocycles. The predicted molar refractivity (Wildman–Crippen MR) is 114 cm³/mol. The van der Waals surface area contributed by atoms with Crippen LogP contribution in [0.5, 0.6) is 0 Å². The van der Waals surface area contributed by atoms with E-state index >= 15 is 0 Å². The van der Waals surface area contributed by atoms with Gasteiger partial charge in [-0.1, -0.05) is 54.6 Å². The number of para-hydroxylation sites is 1. The van der Waals surface area contributed by atoms with Crippen LogP contribution in [0.1, 0.15) is 35.9 Å². The van der Waals surface area contributed by atoms with Crippen LogP contribution >= 0.6 is 11.8 Å². The zero-order valence-corrected chi connectivity index (χ0v) is 17.1. The molecular formula is C22H25N3OS. The van der Waals surface area contributed by atoms with Gasteiger partial charge in [-0.3, -0.25) is 4.79 Å². The molecule has 0 saturated carbocycles. The molecule has 27 heavy (non-hydrogen) atoms. The molecule has 0 radical (unpaired) electrons. The molecule has 0 bridgehead atoms. The minimum absolute atomic E-state index is 0.0187. The zero-order chi connectivity index (χ0) is 19.4. The third-order valence-electron chi connectivity index (χ3n) is 4.37. The lowest BCUT2D eigenvalue weighted by Gasteiger charge is -2.13. The van der Waals surface area contributed by atoms with Gasteiger partial charge in [0.05, 0.1) is 11.3 Å². The fourth-order valence-electron chi connectivity index (χ4n) is 3.23. The average Bonchev–Trinajstić information content (AvgIpc) is 2.63. The highest BCUT2D eigenvalue weighted by Crippen LogP contribution is 2.27. The molecular weight excluding hydrogens is 354 g/mol. The van der Waals surface area contributed by atoms with Crippen LogP contribution < -0.4 is 5.32 Å². The highest BCUT2D eigenvalue weighted by molar-refractivity contribution is 8.00. The Morgan fingerprint density at radius 3 is 2.48 bits per heavy atom. The lowest BCUT2D eigenvalue weighted by Crippen LogP contribution is -2.16. The van der Waals surface area contributed by atoms with E-state index in [1.165, 1.54) is 17.3 Å². The monoisotopic (exact) mass is 379 g/mol. The average molecular weight is 380 g/mol. The largest absolute Gasteiger partial charge is 0.325 e. The molecule has 0 fully saturated rings. The number of thioether (sulfide) groups is 1. The number of benzene rings is 2. The quantitative estimate of drug-likeness (QED) is 0.470. The Balaban J connectivity index is 1.77. The van der Waals surface area contributed by atoms with Gasteiger partial charge in [0, 0.05) is 17.5 Å². The number of carbonyl (C=O) groups is 1. The number of carbonyl (C=O) groups excluding carboxylic acids is 1. The van der Waals surface area contributed by atoms with Gasteiger partial charge in [-0.05, 0) is 44.4 Å². The van der Waals surface area contributed by atoms with Crippen molar-refractivity contribution < 1.29 is 4.79 Å². The first kappa shape index (κ1) is 19.4. The van der Waals surface area contributed by atoms with E-state index in [9.17, 15) is 4.79 Å². The van der Waals surface area contributed by atoms with Gasteiger partial charge < -0.3 is 5.32 Å². The van der Waals surface area contributed by atoms with Crippen molar-refractivity contribution in [2.45, 2.75) is 45.6 Å². The van der Waals surface area contributed by atoms with Crippen molar-refractivity contribution >= 4 is 34.3 Å². The standard InChI is InChI=1S/C22H25N3OS/c1-5-8-19-23-18-10-7-6-9-17(18)22(24-19)27-13-20(26)25-21-15(3)11-14(2)12-16(21)4/h6-7,9-12H,5,8,13H2,1-4H3,(H,25,26). The summed E-state index contributed by atoms with van der Waals surface area (Å²) in [6, 6.07) is 12.2. The van der Waals surface area contributed by atoms with E-state index in [-0.39, 0.29) is 5.91 Å². The van der Waals surface area contributed by atoms with E-state index < -0.39 is 0 Å². The summed E-state index contributed by atoms with van der Waals surface area (Å²) in [5.41, 5.74) is 5.22. The highest BCUT2D eigenvalue weighted by atomic mass is 32.2. The molecule has 5 heteroatoms. The fraction of sp³-hybridized carbons (Fsp3) is 0.318. The third-order valence-corrected chi connectivity index (χ3v) is 5.36. The molecule has 0 aliphatic rings. The van der Waals surface area contributed by atoms with E-state index in [1.807, 2.05) is 38.1 Å². The Morgan fingerprint density at radius 2 is 1.78 bits per heavy atom. The lowest BCUT2D eigenvalue weighted by molar-refractivity contribution is -0.113. The SMILES string of the molecule is CCCc1nc(SCC(=O)Nc2c(C)cc(C)cc2C)c2ccccc2n1. The third kappa shape index (κ3) is 4.66. The van der Waals surface area contributed by atoms with Crippen LogP contribution in [0.25, 0.3) is 10.9 Å². The molecule has 3 rings (SSSR count). The number of nitrogens with zero attached hydrogens (tertiary/aromatic N) is 2. The van der Waals surface area contributed by atoms with Crippen molar-refractivity contribution in [1.82, 2.24) is 9.97 Å². The van der Waals surface area contributed by atoms with Crippen molar-refractivity contribution in [2.75, 3.05) is 11.1 Å².